The molecule has 2 heterocycles. The molecule has 26 heavy (non-hydrogen) atoms. The van der Waals surface area contributed by atoms with E-state index in [1.54, 1.807) is 29.7 Å². The number of hydrogen-bond acceptors (Lipinski definition) is 4. The van der Waals surface area contributed by atoms with Crippen molar-refractivity contribution >= 4 is 11.3 Å². The van der Waals surface area contributed by atoms with Gasteiger partial charge in [0, 0.05) is 41.3 Å². The fourth-order valence-electron chi connectivity index (χ4n) is 3.00. The summed E-state index contributed by atoms with van der Waals surface area (Å²) in [6.45, 7) is 0.807. The van der Waals surface area contributed by atoms with E-state index in [0.29, 0.717) is 23.2 Å². The van der Waals surface area contributed by atoms with Crippen molar-refractivity contribution in [2.75, 3.05) is 0 Å². The van der Waals surface area contributed by atoms with Gasteiger partial charge in [-0.1, -0.05) is 18.2 Å². The van der Waals surface area contributed by atoms with Crippen LogP contribution in [0.1, 0.15) is 28.3 Å². The quantitative estimate of drug-likeness (QED) is 0.691. The van der Waals surface area contributed by atoms with Crippen LogP contribution in [0.25, 0.3) is 11.3 Å². The lowest BCUT2D eigenvalue weighted by Crippen LogP contribution is -2.16. The molecule has 0 spiro atoms. The van der Waals surface area contributed by atoms with Crippen LogP contribution < -0.4 is 5.32 Å². The minimum absolute atomic E-state index is 0.408. The van der Waals surface area contributed by atoms with Crippen molar-refractivity contribution in [2.45, 2.75) is 31.1 Å². The van der Waals surface area contributed by atoms with Crippen LogP contribution in [0.4, 0.5) is 13.2 Å². The van der Waals surface area contributed by atoms with E-state index in [1.807, 2.05) is 17.8 Å². The Balaban J connectivity index is 1.42. The fraction of sp³-hybridized carbons (Fsp3) is 0.263. The third kappa shape index (κ3) is 3.78. The summed E-state index contributed by atoms with van der Waals surface area (Å²) in [7, 11) is 0. The zero-order valence-electron chi connectivity index (χ0n) is 13.7. The lowest BCUT2D eigenvalue weighted by molar-refractivity contribution is -0.137. The molecule has 1 saturated carbocycles. The third-order valence-electron chi connectivity index (χ3n) is 4.51. The molecular formula is C19H16F3N3S. The van der Waals surface area contributed by atoms with Crippen LogP contribution in [0.5, 0.6) is 0 Å². The van der Waals surface area contributed by atoms with Crippen molar-refractivity contribution in [1.82, 2.24) is 15.3 Å². The van der Waals surface area contributed by atoms with E-state index in [0.717, 1.165) is 30.7 Å². The molecule has 1 aliphatic rings. The van der Waals surface area contributed by atoms with Gasteiger partial charge in [-0.05, 0) is 30.2 Å². The number of nitrogens with one attached hydrogen (secondary N) is 1. The smallest absolute Gasteiger partial charge is 0.308 e. The predicted octanol–water partition coefficient (Wildman–Crippen LogP) is 4.87. The minimum atomic E-state index is -4.35. The van der Waals surface area contributed by atoms with E-state index in [2.05, 4.69) is 15.3 Å². The minimum Gasteiger partial charge on any atom is -0.308 e. The van der Waals surface area contributed by atoms with Gasteiger partial charge in [0.25, 0.3) is 0 Å². The van der Waals surface area contributed by atoms with E-state index in [1.165, 1.54) is 10.9 Å². The number of hydrogen-bond donors (Lipinski definition) is 1. The summed E-state index contributed by atoms with van der Waals surface area (Å²) in [6.07, 6.45) is 0.333. The Bertz CT molecular complexity index is 876. The van der Waals surface area contributed by atoms with Gasteiger partial charge in [-0.25, -0.2) is 0 Å². The average molecular weight is 375 g/mol. The van der Waals surface area contributed by atoms with E-state index in [-0.39, 0.29) is 0 Å². The molecule has 0 amide bonds. The maximum Gasteiger partial charge on any atom is 0.416 e. The van der Waals surface area contributed by atoms with Crippen LogP contribution in [-0.2, 0) is 12.7 Å². The van der Waals surface area contributed by atoms with Crippen molar-refractivity contribution in [3.8, 4) is 11.3 Å². The van der Waals surface area contributed by atoms with E-state index < -0.39 is 11.7 Å². The Labute approximate surface area is 152 Å². The molecular weight excluding hydrogens is 359 g/mol. The molecule has 2 atom stereocenters. The summed E-state index contributed by atoms with van der Waals surface area (Å²) in [5.74, 6) is 0.408. The molecule has 0 bridgehead atoms. The molecule has 1 aromatic carbocycles. The molecule has 3 aromatic rings. The first-order valence-electron chi connectivity index (χ1n) is 8.25. The van der Waals surface area contributed by atoms with Gasteiger partial charge in [-0.3, -0.25) is 9.97 Å². The second kappa shape index (κ2) is 6.81. The second-order valence-corrected chi connectivity index (χ2v) is 7.32. The summed E-state index contributed by atoms with van der Waals surface area (Å²) < 4.78 is 38.5. The molecule has 7 heteroatoms. The fourth-order valence-corrected chi connectivity index (χ4v) is 3.55. The molecule has 0 radical (unpaired) electrons. The van der Waals surface area contributed by atoms with Gasteiger partial charge < -0.3 is 5.32 Å². The number of pyridine rings is 1. The Morgan fingerprint density at radius 3 is 2.73 bits per heavy atom. The average Bonchev–Trinajstić information content (AvgIpc) is 3.23. The highest BCUT2D eigenvalue weighted by Crippen LogP contribution is 2.41. The van der Waals surface area contributed by atoms with Crippen LogP contribution in [-0.4, -0.2) is 16.0 Å². The Morgan fingerprint density at radius 2 is 2.04 bits per heavy atom. The zero-order valence-corrected chi connectivity index (χ0v) is 14.5. The standard InChI is InChI=1S/C19H16F3N3S/c20-19(21,22)14-3-1-2-12(6-14)17-5-4-13(8-24-17)16-7-18(16)25-10-15-9-23-11-26-15/h1-6,8-9,11,16,18,25H,7,10H2/t16-,18+/m0/s1. The first-order valence-corrected chi connectivity index (χ1v) is 9.13. The zero-order chi connectivity index (χ0) is 18.1. The highest BCUT2D eigenvalue weighted by Gasteiger charge is 2.38. The molecule has 0 unspecified atom stereocenters. The summed E-state index contributed by atoms with van der Waals surface area (Å²) in [5.41, 5.74) is 3.30. The Hall–Kier alpha value is -2.25. The maximum absolute atomic E-state index is 12.8. The van der Waals surface area contributed by atoms with Crippen LogP contribution in [0.2, 0.25) is 0 Å². The SMILES string of the molecule is FC(F)(F)c1cccc(-c2ccc([C@@H]3C[C@H]3NCc3cncs3)cn2)c1. The summed E-state index contributed by atoms with van der Waals surface area (Å²) in [6, 6.07) is 9.44. The molecule has 134 valence electrons. The maximum atomic E-state index is 12.8. The van der Waals surface area contributed by atoms with Crippen molar-refractivity contribution in [3.63, 3.8) is 0 Å². The monoisotopic (exact) mass is 375 g/mol. The van der Waals surface area contributed by atoms with E-state index in [9.17, 15) is 13.2 Å². The second-order valence-electron chi connectivity index (χ2n) is 6.35. The number of rotatable bonds is 5. The normalized spacial score (nSPS) is 19.5. The molecule has 1 aliphatic carbocycles. The van der Waals surface area contributed by atoms with Crippen LogP contribution in [0, 0.1) is 0 Å². The number of halogens is 3. The van der Waals surface area contributed by atoms with Gasteiger partial charge in [0.15, 0.2) is 0 Å². The highest BCUT2D eigenvalue weighted by atomic mass is 32.1. The summed E-state index contributed by atoms with van der Waals surface area (Å²) in [4.78, 5) is 9.63. The van der Waals surface area contributed by atoms with E-state index in [4.69, 9.17) is 0 Å². The molecule has 2 aromatic heterocycles. The first kappa shape index (κ1) is 17.2. The van der Waals surface area contributed by atoms with Crippen LogP contribution >= 0.6 is 11.3 Å². The molecule has 0 aliphatic heterocycles. The lowest BCUT2D eigenvalue weighted by Gasteiger charge is -2.09. The number of benzene rings is 1. The molecule has 1 fully saturated rings. The van der Waals surface area contributed by atoms with Crippen LogP contribution in [0.15, 0.2) is 54.3 Å². The summed E-state index contributed by atoms with van der Waals surface area (Å²) >= 11 is 1.63. The molecule has 4 rings (SSSR count). The summed E-state index contributed by atoms with van der Waals surface area (Å²) in [5, 5.41) is 3.50. The molecule has 3 nitrogen and oxygen atoms in total. The lowest BCUT2D eigenvalue weighted by atomic mass is 10.1. The van der Waals surface area contributed by atoms with Crippen molar-refractivity contribution in [1.29, 1.82) is 0 Å². The van der Waals surface area contributed by atoms with Gasteiger partial charge in [0.05, 0.1) is 16.8 Å². The van der Waals surface area contributed by atoms with Gasteiger partial charge in [-0.2, -0.15) is 13.2 Å². The van der Waals surface area contributed by atoms with Crippen molar-refractivity contribution in [2.24, 2.45) is 0 Å². The molecule has 1 N–H and O–H groups in total. The Morgan fingerprint density at radius 1 is 1.15 bits per heavy atom. The van der Waals surface area contributed by atoms with Crippen LogP contribution in [0.3, 0.4) is 0 Å². The van der Waals surface area contributed by atoms with Crippen molar-refractivity contribution < 1.29 is 13.2 Å². The number of nitrogens with zero attached hydrogens (tertiary/aromatic N) is 2. The topological polar surface area (TPSA) is 37.8 Å². The van der Waals surface area contributed by atoms with Gasteiger partial charge in [0.2, 0.25) is 0 Å². The number of thiazole rings is 1. The van der Waals surface area contributed by atoms with Gasteiger partial charge >= 0.3 is 6.18 Å². The number of alkyl halides is 3. The van der Waals surface area contributed by atoms with Gasteiger partial charge in [-0.15, -0.1) is 11.3 Å². The first-order chi connectivity index (χ1) is 12.5. The Kier molecular flexibility index (Phi) is 4.50. The van der Waals surface area contributed by atoms with Gasteiger partial charge in [0.1, 0.15) is 0 Å². The third-order valence-corrected chi connectivity index (χ3v) is 5.29. The number of aromatic nitrogens is 2. The largest absolute Gasteiger partial charge is 0.416 e. The highest BCUT2D eigenvalue weighted by molar-refractivity contribution is 7.09. The van der Waals surface area contributed by atoms with E-state index >= 15 is 0 Å². The predicted molar refractivity (Wildman–Crippen MR) is 94.8 cm³/mol. The molecule has 0 saturated heterocycles. The van der Waals surface area contributed by atoms with Crippen molar-refractivity contribution in [3.05, 3.63) is 70.3 Å².